The highest BCUT2D eigenvalue weighted by Crippen LogP contribution is 2.40. The van der Waals surface area contributed by atoms with E-state index in [2.05, 4.69) is 10.2 Å². The van der Waals surface area contributed by atoms with E-state index in [1.54, 1.807) is 15.2 Å². The van der Waals surface area contributed by atoms with Crippen LogP contribution in [0.4, 0.5) is 0 Å². The van der Waals surface area contributed by atoms with Crippen LogP contribution in [0.25, 0.3) is 11.1 Å². The van der Waals surface area contributed by atoms with E-state index < -0.39 is 5.91 Å². The SMILES string of the molecule is NC(=O)Cn1c(SCCn2c(=O)oc3ccccc32)nnc1C1CC1. The lowest BCUT2D eigenvalue weighted by Crippen LogP contribution is -2.21. The summed E-state index contributed by atoms with van der Waals surface area (Å²) in [6.07, 6.45) is 2.13. The molecule has 1 fully saturated rings. The van der Waals surface area contributed by atoms with Gasteiger partial charge in [0, 0.05) is 18.2 Å². The van der Waals surface area contributed by atoms with Gasteiger partial charge in [-0.05, 0) is 25.0 Å². The summed E-state index contributed by atoms with van der Waals surface area (Å²) in [6, 6.07) is 7.32. The Morgan fingerprint density at radius 2 is 2.08 bits per heavy atom. The van der Waals surface area contributed by atoms with Gasteiger partial charge in [0.25, 0.3) is 0 Å². The number of carbonyl (C=O) groups excluding carboxylic acids is 1. The van der Waals surface area contributed by atoms with E-state index in [0.717, 1.165) is 24.2 Å². The molecule has 0 atom stereocenters. The number of hydrogen-bond acceptors (Lipinski definition) is 6. The molecule has 0 spiro atoms. The molecule has 2 heterocycles. The van der Waals surface area contributed by atoms with Gasteiger partial charge in [-0.3, -0.25) is 13.9 Å². The zero-order chi connectivity index (χ0) is 17.4. The summed E-state index contributed by atoms with van der Waals surface area (Å²) >= 11 is 1.45. The highest BCUT2D eigenvalue weighted by molar-refractivity contribution is 7.99. The Morgan fingerprint density at radius 1 is 1.28 bits per heavy atom. The number of thioether (sulfide) groups is 1. The van der Waals surface area contributed by atoms with Gasteiger partial charge in [0.05, 0.1) is 5.52 Å². The van der Waals surface area contributed by atoms with Crippen molar-refractivity contribution in [3.05, 3.63) is 40.6 Å². The van der Waals surface area contributed by atoms with E-state index in [1.165, 1.54) is 11.8 Å². The molecule has 4 rings (SSSR count). The first-order valence-corrected chi connectivity index (χ1v) is 9.04. The van der Waals surface area contributed by atoms with Crippen LogP contribution in [0.5, 0.6) is 0 Å². The van der Waals surface area contributed by atoms with E-state index >= 15 is 0 Å². The molecule has 8 nitrogen and oxygen atoms in total. The van der Waals surface area contributed by atoms with Gasteiger partial charge in [-0.2, -0.15) is 0 Å². The number of hydrogen-bond donors (Lipinski definition) is 1. The Labute approximate surface area is 147 Å². The molecule has 9 heteroatoms. The quantitative estimate of drug-likeness (QED) is 0.638. The van der Waals surface area contributed by atoms with Crippen LogP contribution in [-0.4, -0.2) is 31.0 Å². The van der Waals surface area contributed by atoms with Gasteiger partial charge < -0.3 is 10.2 Å². The number of fused-ring (bicyclic) bond motifs is 1. The number of nitrogens with two attached hydrogens (primary N) is 1. The normalized spacial score (nSPS) is 14.2. The average molecular weight is 359 g/mol. The predicted octanol–water partition coefficient (Wildman–Crippen LogP) is 1.34. The number of nitrogens with zero attached hydrogens (tertiary/aromatic N) is 4. The summed E-state index contributed by atoms with van der Waals surface area (Å²) in [4.78, 5) is 23.3. The molecule has 2 aromatic heterocycles. The smallest absolute Gasteiger partial charge is 0.408 e. The zero-order valence-corrected chi connectivity index (χ0v) is 14.2. The maximum Gasteiger partial charge on any atom is 0.419 e. The molecule has 25 heavy (non-hydrogen) atoms. The number of primary amides is 1. The molecule has 1 amide bonds. The Morgan fingerprint density at radius 3 is 2.84 bits per heavy atom. The molecule has 130 valence electrons. The fourth-order valence-electron chi connectivity index (χ4n) is 2.81. The van der Waals surface area contributed by atoms with Gasteiger partial charge in [-0.1, -0.05) is 23.9 Å². The molecule has 0 radical (unpaired) electrons. The number of aromatic nitrogens is 4. The second-order valence-electron chi connectivity index (χ2n) is 6.00. The minimum Gasteiger partial charge on any atom is -0.408 e. The molecule has 0 unspecified atom stereocenters. The fraction of sp³-hybridized carbons (Fsp3) is 0.375. The van der Waals surface area contributed by atoms with Crippen molar-refractivity contribution in [3.63, 3.8) is 0 Å². The Hall–Kier alpha value is -2.55. The lowest BCUT2D eigenvalue weighted by atomic mass is 10.3. The third kappa shape index (κ3) is 3.19. The zero-order valence-electron chi connectivity index (χ0n) is 13.4. The predicted molar refractivity (Wildman–Crippen MR) is 92.4 cm³/mol. The van der Waals surface area contributed by atoms with Crippen molar-refractivity contribution < 1.29 is 9.21 Å². The Bertz CT molecular complexity index is 985. The summed E-state index contributed by atoms with van der Waals surface area (Å²) in [5, 5.41) is 9.06. The van der Waals surface area contributed by atoms with Crippen LogP contribution in [-0.2, 0) is 17.9 Å². The van der Waals surface area contributed by atoms with E-state index in [9.17, 15) is 9.59 Å². The standard InChI is InChI=1S/C16H17N5O3S/c17-13(22)9-21-14(10-5-6-10)18-19-15(21)25-8-7-20-11-3-1-2-4-12(11)24-16(20)23/h1-4,10H,5-9H2,(H2,17,22). The van der Waals surface area contributed by atoms with Crippen molar-refractivity contribution >= 4 is 28.8 Å². The fourth-order valence-corrected chi connectivity index (χ4v) is 3.68. The first kappa shape index (κ1) is 15.9. The van der Waals surface area contributed by atoms with E-state index in [1.807, 2.05) is 18.2 Å². The summed E-state index contributed by atoms with van der Waals surface area (Å²) in [5.41, 5.74) is 6.69. The molecule has 1 aliphatic carbocycles. The van der Waals surface area contributed by atoms with Crippen molar-refractivity contribution in [3.8, 4) is 0 Å². The average Bonchev–Trinajstić information content (AvgIpc) is 3.28. The lowest BCUT2D eigenvalue weighted by Gasteiger charge is -2.07. The van der Waals surface area contributed by atoms with Crippen LogP contribution >= 0.6 is 11.8 Å². The molecule has 1 saturated carbocycles. The van der Waals surface area contributed by atoms with Crippen LogP contribution in [0.1, 0.15) is 24.6 Å². The highest BCUT2D eigenvalue weighted by atomic mass is 32.2. The monoisotopic (exact) mass is 359 g/mol. The van der Waals surface area contributed by atoms with Gasteiger partial charge in [-0.15, -0.1) is 10.2 Å². The van der Waals surface area contributed by atoms with Gasteiger partial charge in [0.1, 0.15) is 12.4 Å². The number of oxazole rings is 1. The van der Waals surface area contributed by atoms with Crippen molar-refractivity contribution in [1.82, 2.24) is 19.3 Å². The molecule has 0 bridgehead atoms. The molecule has 3 aromatic rings. The van der Waals surface area contributed by atoms with Gasteiger partial charge >= 0.3 is 5.76 Å². The maximum absolute atomic E-state index is 12.0. The Kier molecular flexibility index (Phi) is 4.08. The Balaban J connectivity index is 1.51. The summed E-state index contributed by atoms with van der Waals surface area (Å²) in [6.45, 7) is 0.554. The number of rotatable bonds is 7. The second-order valence-corrected chi connectivity index (χ2v) is 7.07. The van der Waals surface area contributed by atoms with Gasteiger partial charge in [0.15, 0.2) is 10.7 Å². The van der Waals surface area contributed by atoms with Crippen LogP contribution in [0.3, 0.4) is 0 Å². The van der Waals surface area contributed by atoms with Crippen LogP contribution < -0.4 is 11.5 Å². The van der Waals surface area contributed by atoms with E-state index in [0.29, 0.717) is 29.0 Å². The minimum atomic E-state index is -0.416. The van der Waals surface area contributed by atoms with Crippen molar-refractivity contribution in [1.29, 1.82) is 0 Å². The van der Waals surface area contributed by atoms with Gasteiger partial charge in [-0.25, -0.2) is 4.79 Å². The molecule has 1 aromatic carbocycles. The van der Waals surface area contributed by atoms with E-state index in [4.69, 9.17) is 10.2 Å². The molecule has 1 aliphatic rings. The number of para-hydroxylation sites is 2. The van der Waals surface area contributed by atoms with Crippen LogP contribution in [0, 0.1) is 0 Å². The van der Waals surface area contributed by atoms with Gasteiger partial charge in [0.2, 0.25) is 5.91 Å². The van der Waals surface area contributed by atoms with Crippen molar-refractivity contribution in [2.75, 3.05) is 5.75 Å². The molecular weight excluding hydrogens is 342 g/mol. The van der Waals surface area contributed by atoms with Crippen LogP contribution in [0.15, 0.2) is 38.6 Å². The van der Waals surface area contributed by atoms with Crippen molar-refractivity contribution in [2.45, 2.75) is 37.0 Å². The van der Waals surface area contributed by atoms with Crippen molar-refractivity contribution in [2.24, 2.45) is 5.73 Å². The molecular formula is C16H17N5O3S. The maximum atomic E-state index is 12.0. The largest absolute Gasteiger partial charge is 0.419 e. The first-order valence-electron chi connectivity index (χ1n) is 8.06. The number of benzene rings is 1. The third-order valence-electron chi connectivity index (χ3n) is 4.12. The molecule has 0 saturated heterocycles. The third-order valence-corrected chi connectivity index (χ3v) is 5.07. The number of aryl methyl sites for hydroxylation is 1. The number of carbonyl (C=O) groups is 1. The second kappa shape index (κ2) is 6.40. The highest BCUT2D eigenvalue weighted by Gasteiger charge is 2.30. The minimum absolute atomic E-state index is 0.0791. The first-order chi connectivity index (χ1) is 12.1. The lowest BCUT2D eigenvalue weighted by molar-refractivity contribution is -0.118. The number of amides is 1. The molecule has 0 aliphatic heterocycles. The summed E-state index contributed by atoms with van der Waals surface area (Å²) in [7, 11) is 0. The van der Waals surface area contributed by atoms with Crippen LogP contribution in [0.2, 0.25) is 0 Å². The summed E-state index contributed by atoms with van der Waals surface area (Å²) < 4.78 is 8.61. The van der Waals surface area contributed by atoms with E-state index in [-0.39, 0.29) is 12.3 Å². The summed E-state index contributed by atoms with van der Waals surface area (Å²) in [5.74, 6) is 1.01. The molecule has 2 N–H and O–H groups in total. The topological polar surface area (TPSA) is 109 Å².